The van der Waals surface area contributed by atoms with Crippen molar-refractivity contribution in [1.82, 2.24) is 5.32 Å². The van der Waals surface area contributed by atoms with Crippen molar-refractivity contribution in [3.8, 4) is 0 Å². The minimum absolute atomic E-state index is 0.215. The molecule has 0 spiro atoms. The van der Waals surface area contributed by atoms with Crippen molar-refractivity contribution in [2.75, 3.05) is 32.2 Å². The third-order valence-corrected chi connectivity index (χ3v) is 3.46. The van der Waals surface area contributed by atoms with E-state index in [-0.39, 0.29) is 5.41 Å². The molecule has 14 heavy (non-hydrogen) atoms. The zero-order valence-electron chi connectivity index (χ0n) is 9.31. The first-order valence-corrected chi connectivity index (χ1v) is 6.02. The first-order chi connectivity index (χ1) is 6.64. The van der Waals surface area contributed by atoms with Gasteiger partial charge in [-0.1, -0.05) is 13.8 Å². The fourth-order valence-corrected chi connectivity index (χ4v) is 1.71. The highest BCUT2D eigenvalue weighted by molar-refractivity contribution is 6.18. The summed E-state index contributed by atoms with van der Waals surface area (Å²) in [6, 6.07) is 0. The zero-order valence-corrected chi connectivity index (χ0v) is 10.1. The summed E-state index contributed by atoms with van der Waals surface area (Å²) in [5, 5.41) is 3.51. The molecule has 0 aromatic carbocycles. The van der Waals surface area contributed by atoms with E-state index in [1.165, 1.54) is 12.8 Å². The third-order valence-electron chi connectivity index (χ3n) is 2.74. The maximum atomic E-state index is 5.85. The zero-order chi connectivity index (χ0) is 10.4. The van der Waals surface area contributed by atoms with Crippen LogP contribution in [0.5, 0.6) is 0 Å². The molecule has 84 valence electrons. The molecule has 0 bridgehead atoms. The van der Waals surface area contributed by atoms with Gasteiger partial charge in [-0.3, -0.25) is 0 Å². The molecule has 1 aliphatic heterocycles. The lowest BCUT2D eigenvalue weighted by atomic mass is 9.95. The van der Waals surface area contributed by atoms with Crippen molar-refractivity contribution in [2.24, 2.45) is 11.3 Å². The average molecular weight is 220 g/mol. The SMILES string of the molecule is CC(C)(CCl)CNCC1CCOCC1. The Morgan fingerprint density at radius 1 is 1.36 bits per heavy atom. The van der Waals surface area contributed by atoms with E-state index >= 15 is 0 Å². The van der Waals surface area contributed by atoms with Crippen LogP contribution in [0.25, 0.3) is 0 Å². The molecule has 0 radical (unpaired) electrons. The Balaban J connectivity index is 2.08. The summed E-state index contributed by atoms with van der Waals surface area (Å²) >= 11 is 5.85. The Hall–Kier alpha value is 0.210. The van der Waals surface area contributed by atoms with E-state index in [0.717, 1.165) is 32.2 Å². The average Bonchev–Trinajstić information content (AvgIpc) is 2.19. The van der Waals surface area contributed by atoms with Crippen LogP contribution in [0.4, 0.5) is 0 Å². The largest absolute Gasteiger partial charge is 0.381 e. The van der Waals surface area contributed by atoms with Gasteiger partial charge in [-0.15, -0.1) is 11.6 Å². The van der Waals surface area contributed by atoms with Gasteiger partial charge >= 0.3 is 0 Å². The van der Waals surface area contributed by atoms with Gasteiger partial charge in [-0.05, 0) is 30.7 Å². The van der Waals surface area contributed by atoms with Crippen LogP contribution in [0.1, 0.15) is 26.7 Å². The lowest BCUT2D eigenvalue weighted by molar-refractivity contribution is 0.0657. The third kappa shape index (κ3) is 4.63. The van der Waals surface area contributed by atoms with Gasteiger partial charge in [0.15, 0.2) is 0 Å². The number of ether oxygens (including phenoxy) is 1. The molecule has 1 aliphatic rings. The molecule has 0 atom stereocenters. The molecule has 0 amide bonds. The molecule has 1 heterocycles. The van der Waals surface area contributed by atoms with Crippen LogP contribution in [-0.4, -0.2) is 32.2 Å². The lowest BCUT2D eigenvalue weighted by Crippen LogP contribution is -2.35. The standard InChI is InChI=1S/C11H22ClNO/c1-11(2,8-12)9-13-7-10-3-5-14-6-4-10/h10,13H,3-9H2,1-2H3. The summed E-state index contributed by atoms with van der Waals surface area (Å²) in [5.74, 6) is 1.52. The Bertz CT molecular complexity index is 155. The number of alkyl halides is 1. The molecule has 0 saturated carbocycles. The summed E-state index contributed by atoms with van der Waals surface area (Å²) in [7, 11) is 0. The lowest BCUT2D eigenvalue weighted by Gasteiger charge is -2.26. The summed E-state index contributed by atoms with van der Waals surface area (Å²) in [6.45, 7) is 8.38. The number of nitrogens with one attached hydrogen (secondary N) is 1. The maximum absolute atomic E-state index is 5.85. The second-order valence-corrected chi connectivity index (χ2v) is 5.25. The van der Waals surface area contributed by atoms with E-state index in [1.807, 2.05) is 0 Å². The number of hydrogen-bond donors (Lipinski definition) is 1. The number of hydrogen-bond acceptors (Lipinski definition) is 2. The predicted octanol–water partition coefficient (Wildman–Crippen LogP) is 2.27. The van der Waals surface area contributed by atoms with E-state index < -0.39 is 0 Å². The quantitative estimate of drug-likeness (QED) is 0.717. The van der Waals surface area contributed by atoms with Gasteiger partial charge in [0.05, 0.1) is 0 Å². The molecule has 0 aromatic rings. The monoisotopic (exact) mass is 219 g/mol. The predicted molar refractivity (Wildman–Crippen MR) is 60.9 cm³/mol. The fourth-order valence-electron chi connectivity index (χ4n) is 1.61. The van der Waals surface area contributed by atoms with Crippen LogP contribution in [0.15, 0.2) is 0 Å². The fraction of sp³-hybridized carbons (Fsp3) is 1.00. The van der Waals surface area contributed by atoms with Crippen molar-refractivity contribution in [3.05, 3.63) is 0 Å². The van der Waals surface area contributed by atoms with Gasteiger partial charge in [0.1, 0.15) is 0 Å². The normalized spacial score (nSPS) is 19.9. The Kier molecular flexibility index (Phi) is 5.21. The molecule has 2 nitrogen and oxygen atoms in total. The van der Waals surface area contributed by atoms with E-state index in [0.29, 0.717) is 5.88 Å². The Morgan fingerprint density at radius 3 is 2.57 bits per heavy atom. The minimum Gasteiger partial charge on any atom is -0.381 e. The van der Waals surface area contributed by atoms with Crippen molar-refractivity contribution < 1.29 is 4.74 Å². The summed E-state index contributed by atoms with van der Waals surface area (Å²) < 4.78 is 5.32. The molecule has 1 saturated heterocycles. The van der Waals surface area contributed by atoms with Crippen molar-refractivity contribution in [2.45, 2.75) is 26.7 Å². The smallest absolute Gasteiger partial charge is 0.0469 e. The van der Waals surface area contributed by atoms with Crippen molar-refractivity contribution in [1.29, 1.82) is 0 Å². The summed E-state index contributed by atoms with van der Waals surface area (Å²) in [6.07, 6.45) is 2.41. The molecule has 0 unspecified atom stereocenters. The Labute approximate surface area is 92.3 Å². The first-order valence-electron chi connectivity index (χ1n) is 5.48. The summed E-state index contributed by atoms with van der Waals surface area (Å²) in [4.78, 5) is 0. The molecular formula is C11H22ClNO. The van der Waals surface area contributed by atoms with Gasteiger partial charge in [-0.2, -0.15) is 0 Å². The van der Waals surface area contributed by atoms with E-state index in [9.17, 15) is 0 Å². The van der Waals surface area contributed by atoms with Gasteiger partial charge in [-0.25, -0.2) is 0 Å². The maximum Gasteiger partial charge on any atom is 0.0469 e. The molecule has 1 rings (SSSR count). The molecule has 1 N–H and O–H groups in total. The molecular weight excluding hydrogens is 198 g/mol. The van der Waals surface area contributed by atoms with Crippen LogP contribution >= 0.6 is 11.6 Å². The first kappa shape index (κ1) is 12.3. The topological polar surface area (TPSA) is 21.3 Å². The van der Waals surface area contributed by atoms with E-state index in [2.05, 4.69) is 19.2 Å². The second-order valence-electron chi connectivity index (χ2n) is 4.98. The molecule has 1 fully saturated rings. The minimum atomic E-state index is 0.215. The number of halogens is 1. The number of rotatable bonds is 5. The second kappa shape index (κ2) is 5.94. The van der Waals surface area contributed by atoms with Crippen LogP contribution in [0, 0.1) is 11.3 Å². The van der Waals surface area contributed by atoms with Gasteiger partial charge < -0.3 is 10.1 Å². The highest BCUT2D eigenvalue weighted by Crippen LogP contribution is 2.17. The van der Waals surface area contributed by atoms with E-state index in [1.54, 1.807) is 0 Å². The molecule has 3 heteroatoms. The molecule has 0 aromatic heterocycles. The van der Waals surface area contributed by atoms with Gasteiger partial charge in [0.2, 0.25) is 0 Å². The van der Waals surface area contributed by atoms with Crippen molar-refractivity contribution >= 4 is 11.6 Å². The van der Waals surface area contributed by atoms with Crippen LogP contribution in [-0.2, 0) is 4.74 Å². The van der Waals surface area contributed by atoms with Crippen LogP contribution < -0.4 is 5.32 Å². The Morgan fingerprint density at radius 2 is 2.00 bits per heavy atom. The van der Waals surface area contributed by atoms with Gasteiger partial charge in [0.25, 0.3) is 0 Å². The summed E-state index contributed by atoms with van der Waals surface area (Å²) in [5.41, 5.74) is 0.215. The van der Waals surface area contributed by atoms with E-state index in [4.69, 9.17) is 16.3 Å². The highest BCUT2D eigenvalue weighted by atomic mass is 35.5. The van der Waals surface area contributed by atoms with Crippen LogP contribution in [0.2, 0.25) is 0 Å². The van der Waals surface area contributed by atoms with Gasteiger partial charge in [0, 0.05) is 25.6 Å². The van der Waals surface area contributed by atoms with Crippen molar-refractivity contribution in [3.63, 3.8) is 0 Å². The van der Waals surface area contributed by atoms with Crippen LogP contribution in [0.3, 0.4) is 0 Å². The highest BCUT2D eigenvalue weighted by Gasteiger charge is 2.18. The molecule has 0 aliphatic carbocycles.